The highest BCUT2D eigenvalue weighted by atomic mass is 16.1. The van der Waals surface area contributed by atoms with E-state index in [1.54, 1.807) is 0 Å². The number of aromatic amines is 1. The molecule has 3 aromatic rings. The number of anilines is 1. The van der Waals surface area contributed by atoms with Crippen LogP contribution in [0.4, 0.5) is 5.69 Å². The van der Waals surface area contributed by atoms with Gasteiger partial charge in [-0.05, 0) is 47.7 Å². The van der Waals surface area contributed by atoms with Gasteiger partial charge in [0, 0.05) is 29.7 Å². The van der Waals surface area contributed by atoms with E-state index in [1.807, 2.05) is 42.5 Å². The van der Waals surface area contributed by atoms with E-state index in [4.69, 9.17) is 5.26 Å². The van der Waals surface area contributed by atoms with Crippen LogP contribution in [0, 0.1) is 11.3 Å². The van der Waals surface area contributed by atoms with Crippen LogP contribution in [0.1, 0.15) is 49.4 Å². The van der Waals surface area contributed by atoms with E-state index in [0.717, 1.165) is 53.5 Å². The average molecular weight is 345 g/mol. The molecule has 0 fully saturated rings. The molecule has 0 bridgehead atoms. The number of nitrogens with zero attached hydrogens (tertiary/aromatic N) is 1. The summed E-state index contributed by atoms with van der Waals surface area (Å²) in [5.41, 5.74) is 4.68. The number of H-pyrrole nitrogens is 1. The average Bonchev–Trinajstić information content (AvgIpc) is 3.03. The monoisotopic (exact) mass is 345 g/mol. The lowest BCUT2D eigenvalue weighted by molar-refractivity contribution is -0.116. The van der Waals surface area contributed by atoms with E-state index >= 15 is 0 Å². The van der Waals surface area contributed by atoms with E-state index in [-0.39, 0.29) is 5.91 Å². The smallest absolute Gasteiger partial charge is 0.224 e. The van der Waals surface area contributed by atoms with Crippen molar-refractivity contribution in [3.05, 3.63) is 65.4 Å². The lowest BCUT2D eigenvalue weighted by atomic mass is 10.1. The first-order valence-corrected chi connectivity index (χ1v) is 9.08. The predicted octanol–water partition coefficient (Wildman–Crippen LogP) is 5.15. The number of amides is 1. The van der Waals surface area contributed by atoms with Crippen LogP contribution in [-0.4, -0.2) is 10.9 Å². The highest BCUT2D eigenvalue weighted by Gasteiger charge is 2.06. The third-order valence-electron chi connectivity index (χ3n) is 4.42. The zero-order valence-corrected chi connectivity index (χ0v) is 15.0. The Hall–Kier alpha value is -3.06. The van der Waals surface area contributed by atoms with E-state index in [2.05, 4.69) is 29.4 Å². The van der Waals surface area contributed by atoms with Gasteiger partial charge in [-0.15, -0.1) is 0 Å². The Morgan fingerprint density at radius 1 is 1.15 bits per heavy atom. The Labute approximate surface area is 153 Å². The molecule has 4 nitrogen and oxygen atoms in total. The van der Waals surface area contributed by atoms with Crippen LogP contribution in [0.25, 0.3) is 10.9 Å². The number of benzene rings is 2. The maximum atomic E-state index is 12.0. The van der Waals surface area contributed by atoms with Gasteiger partial charge in [-0.1, -0.05) is 38.0 Å². The summed E-state index contributed by atoms with van der Waals surface area (Å²) in [6, 6.07) is 17.9. The number of hydrogen-bond donors (Lipinski definition) is 2. The Balaban J connectivity index is 1.71. The molecule has 0 aliphatic heterocycles. The topological polar surface area (TPSA) is 68.7 Å². The molecule has 3 rings (SSSR count). The summed E-state index contributed by atoms with van der Waals surface area (Å²) in [5.74, 6) is 0.0675. The summed E-state index contributed by atoms with van der Waals surface area (Å²) in [7, 11) is 0. The molecule has 2 aromatic carbocycles. The Kier molecular flexibility index (Phi) is 5.70. The van der Waals surface area contributed by atoms with Crippen molar-refractivity contribution in [3.63, 3.8) is 0 Å². The fourth-order valence-electron chi connectivity index (χ4n) is 3.09. The van der Waals surface area contributed by atoms with Crippen molar-refractivity contribution in [2.24, 2.45) is 0 Å². The number of rotatable bonds is 7. The molecule has 4 heteroatoms. The quantitative estimate of drug-likeness (QED) is 0.581. The van der Waals surface area contributed by atoms with E-state index in [9.17, 15) is 4.79 Å². The lowest BCUT2D eigenvalue weighted by Crippen LogP contribution is -2.10. The highest BCUT2D eigenvalue weighted by molar-refractivity contribution is 5.93. The second-order valence-corrected chi connectivity index (χ2v) is 6.59. The molecule has 0 aliphatic rings. The highest BCUT2D eigenvalue weighted by Crippen LogP contribution is 2.22. The number of hydrogen-bond acceptors (Lipinski definition) is 2. The van der Waals surface area contributed by atoms with Gasteiger partial charge in [-0.3, -0.25) is 4.79 Å². The summed E-state index contributed by atoms with van der Waals surface area (Å²) >= 11 is 0. The van der Waals surface area contributed by atoms with Gasteiger partial charge < -0.3 is 10.3 Å². The van der Waals surface area contributed by atoms with Gasteiger partial charge in [-0.25, -0.2) is 0 Å². The first-order valence-electron chi connectivity index (χ1n) is 9.08. The molecule has 1 heterocycles. The molecule has 1 amide bonds. The van der Waals surface area contributed by atoms with Gasteiger partial charge in [0.25, 0.3) is 0 Å². The maximum Gasteiger partial charge on any atom is 0.224 e. The number of carbonyl (C=O) groups excluding carboxylic acids is 1. The van der Waals surface area contributed by atoms with Crippen LogP contribution in [0.2, 0.25) is 0 Å². The van der Waals surface area contributed by atoms with Gasteiger partial charge in [0.05, 0.1) is 11.6 Å². The fraction of sp³-hybridized carbons (Fsp3) is 0.273. The molecular formula is C22H23N3O. The largest absolute Gasteiger partial charge is 0.358 e. The van der Waals surface area contributed by atoms with Crippen LogP contribution in [-0.2, 0) is 11.2 Å². The Morgan fingerprint density at radius 2 is 2.04 bits per heavy atom. The van der Waals surface area contributed by atoms with Crippen LogP contribution in [0.3, 0.4) is 0 Å². The van der Waals surface area contributed by atoms with E-state index in [1.165, 1.54) is 0 Å². The number of carbonyl (C=O) groups is 1. The molecule has 0 spiro atoms. The molecule has 0 radical (unpaired) electrons. The van der Waals surface area contributed by atoms with Gasteiger partial charge in [0.15, 0.2) is 0 Å². The number of aromatic nitrogens is 1. The molecule has 26 heavy (non-hydrogen) atoms. The van der Waals surface area contributed by atoms with Crippen molar-refractivity contribution < 1.29 is 4.79 Å². The number of unbranched alkanes of at least 4 members (excludes halogenated alkanes) is 2. The number of fused-ring (bicyclic) bond motifs is 1. The number of nitrogens with one attached hydrogen (secondary N) is 2. The standard InChI is InChI=1S/C22H23N3O/c1-2-3-4-8-22(26)25-19-10-9-18-13-20(24-21(18)14-19)12-16-6-5-7-17(11-16)15-23/h5-7,9-11,13-14,24H,2-4,8,12H2,1H3,(H,25,26). The molecular weight excluding hydrogens is 322 g/mol. The second-order valence-electron chi connectivity index (χ2n) is 6.59. The van der Waals surface area contributed by atoms with Gasteiger partial charge in [0.2, 0.25) is 5.91 Å². The van der Waals surface area contributed by atoms with Crippen molar-refractivity contribution in [1.82, 2.24) is 4.98 Å². The Bertz CT molecular complexity index is 949. The van der Waals surface area contributed by atoms with Crippen molar-refractivity contribution >= 4 is 22.5 Å². The molecule has 0 atom stereocenters. The summed E-state index contributed by atoms with van der Waals surface area (Å²) in [5, 5.41) is 13.1. The first kappa shape index (κ1) is 17.8. The third-order valence-corrected chi connectivity index (χ3v) is 4.42. The number of nitriles is 1. The molecule has 0 saturated carbocycles. The van der Waals surface area contributed by atoms with Crippen molar-refractivity contribution in [2.75, 3.05) is 5.32 Å². The van der Waals surface area contributed by atoms with Crippen LogP contribution < -0.4 is 5.32 Å². The lowest BCUT2D eigenvalue weighted by Gasteiger charge is -2.05. The molecule has 0 unspecified atom stereocenters. The van der Waals surface area contributed by atoms with Gasteiger partial charge >= 0.3 is 0 Å². The molecule has 1 aromatic heterocycles. The van der Waals surface area contributed by atoms with E-state index < -0.39 is 0 Å². The summed E-state index contributed by atoms with van der Waals surface area (Å²) < 4.78 is 0. The van der Waals surface area contributed by atoms with Crippen molar-refractivity contribution in [2.45, 2.75) is 39.0 Å². The van der Waals surface area contributed by atoms with Gasteiger partial charge in [0.1, 0.15) is 0 Å². The molecule has 0 aliphatic carbocycles. The summed E-state index contributed by atoms with van der Waals surface area (Å²) in [4.78, 5) is 15.4. The first-order chi connectivity index (χ1) is 12.7. The van der Waals surface area contributed by atoms with Crippen LogP contribution in [0.5, 0.6) is 0 Å². The SMILES string of the molecule is CCCCCC(=O)Nc1ccc2cc(Cc3cccc(C#N)c3)[nH]c2c1. The zero-order chi connectivity index (χ0) is 18.4. The minimum absolute atomic E-state index is 0.0675. The fourth-order valence-corrected chi connectivity index (χ4v) is 3.09. The second kappa shape index (κ2) is 8.35. The normalized spacial score (nSPS) is 10.6. The maximum absolute atomic E-state index is 12.0. The van der Waals surface area contributed by atoms with Crippen LogP contribution in [0.15, 0.2) is 48.5 Å². The molecule has 2 N–H and O–H groups in total. The summed E-state index contributed by atoms with van der Waals surface area (Å²) in [6.07, 6.45) is 4.43. The minimum Gasteiger partial charge on any atom is -0.358 e. The van der Waals surface area contributed by atoms with E-state index in [0.29, 0.717) is 12.0 Å². The third kappa shape index (κ3) is 4.52. The summed E-state index contributed by atoms with van der Waals surface area (Å²) in [6.45, 7) is 2.13. The Morgan fingerprint density at radius 3 is 2.85 bits per heavy atom. The molecule has 0 saturated heterocycles. The zero-order valence-electron chi connectivity index (χ0n) is 15.0. The van der Waals surface area contributed by atoms with Crippen molar-refractivity contribution in [1.29, 1.82) is 5.26 Å². The predicted molar refractivity (Wildman–Crippen MR) is 105 cm³/mol. The van der Waals surface area contributed by atoms with Crippen LogP contribution >= 0.6 is 0 Å². The van der Waals surface area contributed by atoms with Crippen molar-refractivity contribution in [3.8, 4) is 6.07 Å². The van der Waals surface area contributed by atoms with Gasteiger partial charge in [-0.2, -0.15) is 5.26 Å². The molecule has 132 valence electrons. The minimum atomic E-state index is 0.0675.